The topological polar surface area (TPSA) is 99.0 Å². The Kier molecular flexibility index (Phi) is 4.46. The summed E-state index contributed by atoms with van der Waals surface area (Å²) in [5.41, 5.74) is 0.870. The van der Waals surface area contributed by atoms with Crippen LogP contribution in [-0.4, -0.2) is 45.4 Å². The monoisotopic (exact) mass is 349 g/mol. The SMILES string of the molecule is COCCn1cc(C(=O)Nc2nc3c(s2)C(=O)CC(C)(C)C3)nn1. The third-order valence-corrected chi connectivity index (χ3v) is 4.81. The lowest BCUT2D eigenvalue weighted by Crippen LogP contribution is -2.26. The summed E-state index contributed by atoms with van der Waals surface area (Å²) in [6.45, 7) is 5.10. The van der Waals surface area contributed by atoms with Crippen molar-refractivity contribution in [1.82, 2.24) is 20.0 Å². The second-order valence-corrected chi connectivity index (χ2v) is 7.55. The number of hydrogen-bond acceptors (Lipinski definition) is 7. The molecule has 0 aliphatic heterocycles. The van der Waals surface area contributed by atoms with E-state index in [2.05, 4.69) is 20.6 Å². The van der Waals surface area contributed by atoms with Gasteiger partial charge in [-0.1, -0.05) is 30.4 Å². The first kappa shape index (κ1) is 16.7. The van der Waals surface area contributed by atoms with Crippen molar-refractivity contribution in [3.63, 3.8) is 0 Å². The zero-order valence-electron chi connectivity index (χ0n) is 13.8. The third-order valence-electron chi connectivity index (χ3n) is 3.75. The summed E-state index contributed by atoms with van der Waals surface area (Å²) >= 11 is 1.22. The highest BCUT2D eigenvalue weighted by Crippen LogP contribution is 2.38. The third kappa shape index (κ3) is 3.51. The second-order valence-electron chi connectivity index (χ2n) is 6.55. The van der Waals surface area contributed by atoms with Crippen molar-refractivity contribution in [3.8, 4) is 0 Å². The molecule has 0 aromatic carbocycles. The molecular weight excluding hydrogens is 330 g/mol. The highest BCUT2D eigenvalue weighted by molar-refractivity contribution is 7.17. The number of ether oxygens (including phenoxy) is 1. The highest BCUT2D eigenvalue weighted by atomic mass is 32.1. The Morgan fingerprint density at radius 2 is 2.25 bits per heavy atom. The summed E-state index contributed by atoms with van der Waals surface area (Å²) in [4.78, 5) is 29.5. The Morgan fingerprint density at radius 1 is 1.46 bits per heavy atom. The maximum Gasteiger partial charge on any atom is 0.279 e. The van der Waals surface area contributed by atoms with E-state index in [0.29, 0.717) is 29.6 Å². The Morgan fingerprint density at radius 3 is 3.00 bits per heavy atom. The number of thiazole rings is 1. The molecule has 3 rings (SSSR count). The molecule has 0 saturated carbocycles. The van der Waals surface area contributed by atoms with Crippen LogP contribution in [0.1, 0.15) is 46.1 Å². The van der Waals surface area contributed by atoms with Crippen LogP contribution in [0.25, 0.3) is 0 Å². The molecule has 0 fully saturated rings. The van der Waals surface area contributed by atoms with Gasteiger partial charge < -0.3 is 4.74 Å². The normalized spacial score (nSPS) is 16.0. The minimum atomic E-state index is -0.392. The van der Waals surface area contributed by atoms with Gasteiger partial charge in [-0.2, -0.15) is 0 Å². The fraction of sp³-hybridized carbons (Fsp3) is 0.533. The molecule has 24 heavy (non-hydrogen) atoms. The smallest absolute Gasteiger partial charge is 0.279 e. The maximum atomic E-state index is 12.2. The average Bonchev–Trinajstić information content (AvgIpc) is 3.10. The molecule has 1 N–H and O–H groups in total. The molecule has 128 valence electrons. The average molecular weight is 349 g/mol. The van der Waals surface area contributed by atoms with Gasteiger partial charge in [0.1, 0.15) is 0 Å². The first-order valence-corrected chi connectivity index (χ1v) is 8.43. The molecule has 0 atom stereocenters. The van der Waals surface area contributed by atoms with Gasteiger partial charge in [0.25, 0.3) is 5.91 Å². The number of rotatable bonds is 5. The number of aromatic nitrogens is 4. The largest absolute Gasteiger partial charge is 0.383 e. The molecule has 0 spiro atoms. The first-order valence-electron chi connectivity index (χ1n) is 7.61. The van der Waals surface area contributed by atoms with Crippen LogP contribution in [-0.2, 0) is 17.7 Å². The van der Waals surface area contributed by atoms with Crippen LogP contribution in [0.4, 0.5) is 5.13 Å². The van der Waals surface area contributed by atoms with Gasteiger partial charge >= 0.3 is 0 Å². The van der Waals surface area contributed by atoms with Gasteiger partial charge in [0, 0.05) is 13.5 Å². The van der Waals surface area contributed by atoms with E-state index in [1.165, 1.54) is 16.0 Å². The van der Waals surface area contributed by atoms with Crippen LogP contribution in [0.5, 0.6) is 0 Å². The number of hydrogen-bond donors (Lipinski definition) is 1. The van der Waals surface area contributed by atoms with Crippen LogP contribution < -0.4 is 5.32 Å². The molecule has 2 heterocycles. The standard InChI is InChI=1S/C15H19N5O3S/c1-15(2)6-9-12(11(21)7-15)24-14(16-9)17-13(22)10-8-20(19-18-10)4-5-23-3/h8H,4-7H2,1-3H3,(H,16,17,22). The van der Waals surface area contributed by atoms with Crippen molar-refractivity contribution in [1.29, 1.82) is 0 Å². The fourth-order valence-electron chi connectivity index (χ4n) is 2.63. The number of carbonyl (C=O) groups excluding carboxylic acids is 2. The summed E-state index contributed by atoms with van der Waals surface area (Å²) in [5, 5.41) is 10.8. The van der Waals surface area contributed by atoms with E-state index >= 15 is 0 Å². The van der Waals surface area contributed by atoms with Crippen molar-refractivity contribution in [2.24, 2.45) is 5.41 Å². The van der Waals surface area contributed by atoms with Gasteiger partial charge in [-0.3, -0.25) is 14.9 Å². The minimum absolute atomic E-state index is 0.0877. The number of nitrogens with one attached hydrogen (secondary N) is 1. The van der Waals surface area contributed by atoms with E-state index in [9.17, 15) is 9.59 Å². The molecular formula is C15H19N5O3S. The van der Waals surface area contributed by atoms with Gasteiger partial charge in [-0.15, -0.1) is 5.10 Å². The zero-order valence-corrected chi connectivity index (χ0v) is 14.6. The Labute approximate surface area is 143 Å². The fourth-order valence-corrected chi connectivity index (χ4v) is 3.55. The summed E-state index contributed by atoms with van der Waals surface area (Å²) in [5.74, 6) is -0.304. The van der Waals surface area contributed by atoms with Crippen molar-refractivity contribution >= 4 is 28.2 Å². The number of ketones is 1. The molecule has 1 amide bonds. The summed E-state index contributed by atoms with van der Waals surface area (Å²) < 4.78 is 6.49. The number of nitrogens with zero attached hydrogens (tertiary/aromatic N) is 4. The zero-order chi connectivity index (χ0) is 17.3. The molecule has 0 saturated heterocycles. The second kappa shape index (κ2) is 6.40. The van der Waals surface area contributed by atoms with E-state index in [-0.39, 0.29) is 16.9 Å². The number of fused-ring (bicyclic) bond motifs is 1. The molecule has 0 bridgehead atoms. The van der Waals surface area contributed by atoms with E-state index in [1.54, 1.807) is 13.3 Å². The molecule has 1 aliphatic rings. The Balaban J connectivity index is 1.72. The lowest BCUT2D eigenvalue weighted by molar-refractivity contribution is 0.0915. The van der Waals surface area contributed by atoms with Crippen LogP contribution in [0.15, 0.2) is 6.20 Å². The number of amides is 1. The van der Waals surface area contributed by atoms with Gasteiger partial charge in [0.15, 0.2) is 16.6 Å². The summed E-state index contributed by atoms with van der Waals surface area (Å²) in [6.07, 6.45) is 2.78. The van der Waals surface area contributed by atoms with Crippen LogP contribution in [0, 0.1) is 5.41 Å². The van der Waals surface area contributed by atoms with Gasteiger partial charge in [-0.25, -0.2) is 9.67 Å². The molecule has 8 nitrogen and oxygen atoms in total. The Hall–Kier alpha value is -2.13. The number of carbonyl (C=O) groups is 2. The molecule has 0 radical (unpaired) electrons. The van der Waals surface area contributed by atoms with Crippen LogP contribution in [0.3, 0.4) is 0 Å². The first-order chi connectivity index (χ1) is 11.4. The maximum absolute atomic E-state index is 12.2. The highest BCUT2D eigenvalue weighted by Gasteiger charge is 2.34. The van der Waals surface area contributed by atoms with Crippen LogP contribution >= 0.6 is 11.3 Å². The number of methoxy groups -OCH3 is 1. The lowest BCUT2D eigenvalue weighted by Gasteiger charge is -2.26. The van der Waals surface area contributed by atoms with E-state index in [0.717, 1.165) is 12.1 Å². The van der Waals surface area contributed by atoms with Gasteiger partial charge in [0.05, 0.1) is 29.9 Å². The van der Waals surface area contributed by atoms with E-state index < -0.39 is 5.91 Å². The van der Waals surface area contributed by atoms with E-state index in [4.69, 9.17) is 4.74 Å². The molecule has 0 unspecified atom stereocenters. The number of anilines is 1. The number of Topliss-reactive ketones (excluding diaryl/α,β-unsaturated/α-hetero) is 1. The summed E-state index contributed by atoms with van der Waals surface area (Å²) in [6, 6.07) is 0. The van der Waals surface area contributed by atoms with Gasteiger partial charge in [-0.05, 0) is 11.8 Å². The van der Waals surface area contributed by atoms with Crippen molar-refractivity contribution in [2.75, 3.05) is 19.0 Å². The van der Waals surface area contributed by atoms with Crippen molar-refractivity contribution in [2.45, 2.75) is 33.2 Å². The molecule has 2 aromatic heterocycles. The van der Waals surface area contributed by atoms with Crippen molar-refractivity contribution in [3.05, 3.63) is 22.5 Å². The lowest BCUT2D eigenvalue weighted by atomic mass is 9.78. The minimum Gasteiger partial charge on any atom is -0.383 e. The predicted octanol–water partition coefficient (Wildman–Crippen LogP) is 1.79. The Bertz CT molecular complexity index is 780. The predicted molar refractivity (Wildman–Crippen MR) is 88.4 cm³/mol. The van der Waals surface area contributed by atoms with Crippen molar-refractivity contribution < 1.29 is 14.3 Å². The van der Waals surface area contributed by atoms with E-state index in [1.807, 2.05) is 13.8 Å². The molecule has 9 heteroatoms. The van der Waals surface area contributed by atoms with Crippen LogP contribution in [0.2, 0.25) is 0 Å². The molecule has 1 aliphatic carbocycles. The quantitative estimate of drug-likeness (QED) is 0.883. The molecule has 2 aromatic rings. The summed E-state index contributed by atoms with van der Waals surface area (Å²) in [7, 11) is 1.59. The van der Waals surface area contributed by atoms with Gasteiger partial charge in [0.2, 0.25) is 0 Å².